The maximum absolute atomic E-state index is 12.5. The van der Waals surface area contributed by atoms with E-state index in [4.69, 9.17) is 0 Å². The van der Waals surface area contributed by atoms with Crippen LogP contribution in [-0.2, 0) is 12.0 Å². The molecule has 138 valence electrons. The van der Waals surface area contributed by atoms with Gasteiger partial charge in [-0.15, -0.1) is 0 Å². The van der Waals surface area contributed by atoms with Gasteiger partial charge in [-0.1, -0.05) is 26.8 Å². The number of aromatic nitrogens is 2. The number of aryl methyl sites for hydroxylation is 1. The highest BCUT2D eigenvalue weighted by Crippen LogP contribution is 2.23. The summed E-state index contributed by atoms with van der Waals surface area (Å²) in [5, 5.41) is 12.9. The molecule has 1 aromatic carbocycles. The Morgan fingerprint density at radius 3 is 2.69 bits per heavy atom. The van der Waals surface area contributed by atoms with Crippen molar-refractivity contribution in [1.82, 2.24) is 20.8 Å². The number of carbonyl (C=O) groups excluding carboxylic acids is 2. The summed E-state index contributed by atoms with van der Waals surface area (Å²) in [7, 11) is 0. The van der Waals surface area contributed by atoms with Crippen LogP contribution in [0.3, 0.4) is 0 Å². The summed E-state index contributed by atoms with van der Waals surface area (Å²) in [4.78, 5) is 26.1. The lowest BCUT2D eigenvalue weighted by atomic mass is 9.92. The van der Waals surface area contributed by atoms with Crippen LogP contribution in [0.1, 0.15) is 48.1 Å². The molecule has 3 amide bonds. The van der Waals surface area contributed by atoms with Gasteiger partial charge in [-0.2, -0.15) is 5.10 Å². The van der Waals surface area contributed by atoms with Crippen molar-refractivity contribution in [2.75, 3.05) is 18.0 Å². The molecule has 0 saturated carbocycles. The lowest BCUT2D eigenvalue weighted by Gasteiger charge is -2.18. The zero-order chi connectivity index (χ0) is 18.9. The third kappa shape index (κ3) is 3.71. The summed E-state index contributed by atoms with van der Waals surface area (Å²) in [6, 6.07) is 7.25. The lowest BCUT2D eigenvalue weighted by Crippen LogP contribution is -2.29. The van der Waals surface area contributed by atoms with Crippen molar-refractivity contribution in [2.45, 2.75) is 39.7 Å². The Morgan fingerprint density at radius 2 is 2.08 bits per heavy atom. The van der Waals surface area contributed by atoms with E-state index in [9.17, 15) is 9.59 Å². The number of hydrogen-bond donors (Lipinski definition) is 3. The highest BCUT2D eigenvalue weighted by atomic mass is 16.2. The normalized spacial score (nSPS) is 14.5. The summed E-state index contributed by atoms with van der Waals surface area (Å²) in [5.41, 5.74) is 4.03. The van der Waals surface area contributed by atoms with Crippen molar-refractivity contribution in [2.24, 2.45) is 0 Å². The Balaban J connectivity index is 1.70. The maximum Gasteiger partial charge on any atom is 0.322 e. The van der Waals surface area contributed by atoms with Gasteiger partial charge in [0.2, 0.25) is 0 Å². The zero-order valence-electron chi connectivity index (χ0n) is 15.6. The van der Waals surface area contributed by atoms with Gasteiger partial charge in [0.05, 0.1) is 17.9 Å². The predicted octanol–water partition coefficient (Wildman–Crippen LogP) is 2.48. The fourth-order valence-electron chi connectivity index (χ4n) is 2.86. The molecule has 0 atom stereocenters. The third-order valence-electron chi connectivity index (χ3n) is 4.46. The van der Waals surface area contributed by atoms with Crippen LogP contribution in [0, 0.1) is 6.92 Å². The molecule has 1 fully saturated rings. The molecular formula is C19H25N5O2. The van der Waals surface area contributed by atoms with E-state index in [2.05, 4.69) is 41.6 Å². The van der Waals surface area contributed by atoms with E-state index in [-0.39, 0.29) is 17.4 Å². The van der Waals surface area contributed by atoms with Gasteiger partial charge in [0.15, 0.2) is 0 Å². The molecule has 1 aliphatic rings. The van der Waals surface area contributed by atoms with E-state index in [1.165, 1.54) is 0 Å². The van der Waals surface area contributed by atoms with Crippen LogP contribution >= 0.6 is 0 Å². The monoisotopic (exact) mass is 355 g/mol. The number of nitrogens with one attached hydrogen (secondary N) is 3. The van der Waals surface area contributed by atoms with Gasteiger partial charge in [-0.25, -0.2) is 4.79 Å². The minimum Gasteiger partial charge on any atom is -0.346 e. The fraction of sp³-hybridized carbons (Fsp3) is 0.421. The maximum atomic E-state index is 12.5. The Bertz CT molecular complexity index is 835. The molecule has 0 spiro atoms. The summed E-state index contributed by atoms with van der Waals surface area (Å²) < 4.78 is 0. The average molecular weight is 355 g/mol. The second-order valence-corrected chi connectivity index (χ2v) is 7.60. The summed E-state index contributed by atoms with van der Waals surface area (Å²) in [5.74, 6) is -0.183. The van der Waals surface area contributed by atoms with E-state index in [0.29, 0.717) is 25.2 Å². The van der Waals surface area contributed by atoms with E-state index < -0.39 is 0 Å². The Morgan fingerprint density at radius 1 is 1.31 bits per heavy atom. The summed E-state index contributed by atoms with van der Waals surface area (Å²) >= 11 is 0. The van der Waals surface area contributed by atoms with E-state index >= 15 is 0 Å². The minimum atomic E-state index is -0.183. The van der Waals surface area contributed by atoms with Crippen LogP contribution in [0.25, 0.3) is 0 Å². The zero-order valence-corrected chi connectivity index (χ0v) is 15.6. The Kier molecular flexibility index (Phi) is 4.71. The first-order valence-electron chi connectivity index (χ1n) is 8.74. The molecule has 26 heavy (non-hydrogen) atoms. The van der Waals surface area contributed by atoms with Gasteiger partial charge in [0, 0.05) is 29.8 Å². The SMILES string of the molecule is Cc1ccc(C(=O)NCc2cc(C(C)(C)C)n[nH]2)cc1N1CCNC1=O. The standard InChI is InChI=1S/C19H25N5O2/c1-12-5-6-13(9-15(12)24-8-7-20-18(24)26)17(25)21-11-14-10-16(23-22-14)19(2,3)4/h5-6,9-10H,7-8,11H2,1-4H3,(H,20,26)(H,21,25)(H,22,23). The van der Waals surface area contributed by atoms with Crippen LogP contribution in [0.5, 0.6) is 0 Å². The number of nitrogens with zero attached hydrogens (tertiary/aromatic N) is 2. The van der Waals surface area contributed by atoms with Crippen LogP contribution in [-0.4, -0.2) is 35.2 Å². The van der Waals surface area contributed by atoms with E-state index in [1.807, 2.05) is 19.1 Å². The number of carbonyl (C=O) groups is 2. The number of benzene rings is 1. The third-order valence-corrected chi connectivity index (χ3v) is 4.46. The Hall–Kier alpha value is -2.83. The second kappa shape index (κ2) is 6.82. The van der Waals surface area contributed by atoms with Gasteiger partial charge in [0.25, 0.3) is 5.91 Å². The first kappa shape index (κ1) is 18.0. The molecule has 2 heterocycles. The molecule has 3 rings (SSSR count). The predicted molar refractivity (Wildman–Crippen MR) is 100 cm³/mol. The van der Waals surface area contributed by atoms with Crippen molar-refractivity contribution in [3.05, 3.63) is 46.8 Å². The summed E-state index contributed by atoms with van der Waals surface area (Å²) in [6.07, 6.45) is 0. The molecular weight excluding hydrogens is 330 g/mol. The van der Waals surface area contributed by atoms with Gasteiger partial charge in [-0.3, -0.25) is 14.8 Å². The van der Waals surface area contributed by atoms with E-state index in [0.717, 1.165) is 22.6 Å². The smallest absolute Gasteiger partial charge is 0.322 e. The first-order chi connectivity index (χ1) is 12.3. The number of H-pyrrole nitrogens is 1. The largest absolute Gasteiger partial charge is 0.346 e. The van der Waals surface area contributed by atoms with Crippen molar-refractivity contribution >= 4 is 17.6 Å². The number of anilines is 1. The number of aromatic amines is 1. The van der Waals surface area contributed by atoms with Crippen LogP contribution in [0.4, 0.5) is 10.5 Å². The number of hydrogen-bond acceptors (Lipinski definition) is 3. The van der Waals surface area contributed by atoms with Gasteiger partial charge in [-0.05, 0) is 30.7 Å². The molecule has 1 aromatic heterocycles. The second-order valence-electron chi connectivity index (χ2n) is 7.60. The van der Waals surface area contributed by atoms with Crippen LogP contribution in [0.15, 0.2) is 24.3 Å². The van der Waals surface area contributed by atoms with E-state index in [1.54, 1.807) is 17.0 Å². The topological polar surface area (TPSA) is 90.1 Å². The molecule has 1 aliphatic heterocycles. The van der Waals surface area contributed by atoms with Crippen molar-refractivity contribution in [3.63, 3.8) is 0 Å². The molecule has 0 radical (unpaired) electrons. The molecule has 1 saturated heterocycles. The molecule has 2 aromatic rings. The highest BCUT2D eigenvalue weighted by Gasteiger charge is 2.23. The number of amides is 3. The van der Waals surface area contributed by atoms with Gasteiger partial charge < -0.3 is 10.6 Å². The fourth-order valence-corrected chi connectivity index (χ4v) is 2.86. The lowest BCUT2D eigenvalue weighted by molar-refractivity contribution is 0.0950. The average Bonchev–Trinajstić information content (AvgIpc) is 3.22. The molecule has 7 nitrogen and oxygen atoms in total. The van der Waals surface area contributed by atoms with Crippen molar-refractivity contribution in [1.29, 1.82) is 0 Å². The Labute approximate surface area is 153 Å². The minimum absolute atomic E-state index is 0.0408. The molecule has 0 unspecified atom stereocenters. The molecule has 7 heteroatoms. The summed E-state index contributed by atoms with van der Waals surface area (Å²) in [6.45, 7) is 9.80. The molecule has 0 aliphatic carbocycles. The van der Waals surface area contributed by atoms with Crippen LogP contribution < -0.4 is 15.5 Å². The van der Waals surface area contributed by atoms with Crippen molar-refractivity contribution in [3.8, 4) is 0 Å². The number of urea groups is 1. The van der Waals surface area contributed by atoms with Gasteiger partial charge >= 0.3 is 6.03 Å². The first-order valence-corrected chi connectivity index (χ1v) is 8.74. The van der Waals surface area contributed by atoms with Gasteiger partial charge in [0.1, 0.15) is 0 Å². The molecule has 0 bridgehead atoms. The number of rotatable bonds is 4. The van der Waals surface area contributed by atoms with Crippen molar-refractivity contribution < 1.29 is 9.59 Å². The molecule has 3 N–H and O–H groups in total. The van der Waals surface area contributed by atoms with Crippen LogP contribution in [0.2, 0.25) is 0 Å². The highest BCUT2D eigenvalue weighted by molar-refractivity contribution is 5.99. The quantitative estimate of drug-likeness (QED) is 0.787.